The van der Waals surface area contributed by atoms with E-state index in [1.807, 2.05) is 42.5 Å². The topological polar surface area (TPSA) is 56.6 Å². The number of methoxy groups -OCH3 is 1. The molecule has 2 aromatic rings. The summed E-state index contributed by atoms with van der Waals surface area (Å²) in [7, 11) is 1.66. The van der Waals surface area contributed by atoms with Gasteiger partial charge in [-0.3, -0.25) is 9.69 Å². The first kappa shape index (κ1) is 18.9. The molecular weight excluding hydrogens is 338 g/mol. The van der Waals surface area contributed by atoms with Gasteiger partial charge in [0.2, 0.25) is 5.91 Å². The molecule has 27 heavy (non-hydrogen) atoms. The Balaban J connectivity index is 1.72. The van der Waals surface area contributed by atoms with E-state index in [4.69, 9.17) is 10.00 Å². The molecule has 1 amide bonds. The van der Waals surface area contributed by atoms with Gasteiger partial charge in [0.15, 0.2) is 0 Å². The maximum Gasteiger partial charge on any atom is 0.241 e. The standard InChI is InChI=1S/C22H25N3O2/c1-27-20-12-10-18(11-13-20)21-9-5-15-24(21)17-22(26)25(16-6-14-23)19-7-3-2-4-8-19/h2-4,7-8,10-13,21H,5-6,9,15-17H2,1H3/t21-/m0/s1. The van der Waals surface area contributed by atoms with Crippen molar-refractivity contribution in [1.29, 1.82) is 5.26 Å². The Morgan fingerprint density at radius 2 is 1.96 bits per heavy atom. The normalized spacial score (nSPS) is 16.7. The van der Waals surface area contributed by atoms with E-state index in [9.17, 15) is 4.79 Å². The van der Waals surface area contributed by atoms with Crippen LogP contribution in [0.25, 0.3) is 0 Å². The number of carbonyl (C=O) groups is 1. The third-order valence-electron chi connectivity index (χ3n) is 5.02. The Labute approximate surface area is 160 Å². The Bertz CT molecular complexity index is 783. The highest BCUT2D eigenvalue weighted by molar-refractivity contribution is 5.94. The Kier molecular flexibility index (Phi) is 6.45. The van der Waals surface area contributed by atoms with Gasteiger partial charge < -0.3 is 9.64 Å². The van der Waals surface area contributed by atoms with Crippen LogP contribution in [-0.2, 0) is 4.79 Å². The number of benzene rings is 2. The van der Waals surface area contributed by atoms with Crippen LogP contribution in [-0.4, -0.2) is 37.6 Å². The van der Waals surface area contributed by atoms with Crippen molar-refractivity contribution >= 4 is 11.6 Å². The van der Waals surface area contributed by atoms with Crippen LogP contribution in [0.1, 0.15) is 30.9 Å². The minimum absolute atomic E-state index is 0.0388. The van der Waals surface area contributed by atoms with Crippen LogP contribution >= 0.6 is 0 Å². The lowest BCUT2D eigenvalue weighted by molar-refractivity contribution is -0.120. The molecule has 1 saturated heterocycles. The summed E-state index contributed by atoms with van der Waals surface area (Å²) in [6.45, 7) is 1.68. The van der Waals surface area contributed by atoms with Crippen LogP contribution in [0.15, 0.2) is 54.6 Å². The number of carbonyl (C=O) groups excluding carboxylic acids is 1. The van der Waals surface area contributed by atoms with Gasteiger partial charge in [0.05, 0.1) is 26.1 Å². The Morgan fingerprint density at radius 1 is 1.22 bits per heavy atom. The van der Waals surface area contributed by atoms with E-state index in [2.05, 4.69) is 23.1 Å². The fourth-order valence-corrected chi connectivity index (χ4v) is 3.65. The van der Waals surface area contributed by atoms with Gasteiger partial charge in [-0.05, 0) is 49.2 Å². The lowest BCUT2D eigenvalue weighted by atomic mass is 10.0. The van der Waals surface area contributed by atoms with Crippen molar-refractivity contribution in [3.63, 3.8) is 0 Å². The molecule has 0 bridgehead atoms. The molecule has 1 fully saturated rings. The van der Waals surface area contributed by atoms with Crippen molar-refractivity contribution in [2.75, 3.05) is 31.6 Å². The number of amides is 1. The number of hydrogen-bond acceptors (Lipinski definition) is 4. The molecule has 0 aromatic heterocycles. The van der Waals surface area contributed by atoms with E-state index < -0.39 is 0 Å². The molecule has 0 spiro atoms. The number of likely N-dealkylation sites (tertiary alicyclic amines) is 1. The second kappa shape index (κ2) is 9.20. The number of nitrogens with zero attached hydrogens (tertiary/aromatic N) is 3. The summed E-state index contributed by atoms with van der Waals surface area (Å²) in [6.07, 6.45) is 2.44. The molecule has 1 aliphatic heterocycles. The van der Waals surface area contributed by atoms with Crippen LogP contribution in [0.3, 0.4) is 0 Å². The molecule has 0 unspecified atom stereocenters. The smallest absolute Gasteiger partial charge is 0.241 e. The number of anilines is 1. The van der Waals surface area contributed by atoms with Gasteiger partial charge in [-0.1, -0.05) is 30.3 Å². The fraction of sp³-hybridized carbons (Fsp3) is 0.364. The number of rotatable bonds is 7. The molecule has 5 heteroatoms. The molecule has 2 aromatic carbocycles. The molecule has 1 aliphatic rings. The van der Waals surface area contributed by atoms with E-state index in [0.29, 0.717) is 19.5 Å². The van der Waals surface area contributed by atoms with Crippen molar-refractivity contribution in [2.45, 2.75) is 25.3 Å². The highest BCUT2D eigenvalue weighted by atomic mass is 16.5. The van der Waals surface area contributed by atoms with Gasteiger partial charge in [0.25, 0.3) is 0 Å². The molecule has 0 aliphatic carbocycles. The minimum atomic E-state index is 0.0388. The van der Waals surface area contributed by atoms with E-state index >= 15 is 0 Å². The van der Waals surface area contributed by atoms with Gasteiger partial charge in [0, 0.05) is 18.3 Å². The highest BCUT2D eigenvalue weighted by Crippen LogP contribution is 2.32. The van der Waals surface area contributed by atoms with Crippen LogP contribution < -0.4 is 9.64 Å². The van der Waals surface area contributed by atoms with Gasteiger partial charge in [0.1, 0.15) is 5.75 Å². The number of nitriles is 1. The van der Waals surface area contributed by atoms with Crippen LogP contribution in [0.4, 0.5) is 5.69 Å². The summed E-state index contributed by atoms with van der Waals surface area (Å²) in [6, 6.07) is 20.1. The third kappa shape index (κ3) is 4.66. The summed E-state index contributed by atoms with van der Waals surface area (Å²) < 4.78 is 5.24. The highest BCUT2D eigenvalue weighted by Gasteiger charge is 2.29. The SMILES string of the molecule is COc1ccc([C@@H]2CCCN2CC(=O)N(CCC#N)c2ccccc2)cc1. The summed E-state index contributed by atoms with van der Waals surface area (Å²) in [5.41, 5.74) is 2.06. The van der Waals surface area contributed by atoms with Crippen molar-refractivity contribution < 1.29 is 9.53 Å². The second-order valence-corrected chi connectivity index (χ2v) is 6.69. The summed E-state index contributed by atoms with van der Waals surface area (Å²) in [5, 5.41) is 8.95. The molecule has 0 N–H and O–H groups in total. The van der Waals surface area contributed by atoms with Crippen LogP contribution in [0.5, 0.6) is 5.75 Å². The Hall–Kier alpha value is -2.84. The van der Waals surface area contributed by atoms with E-state index in [1.54, 1.807) is 12.0 Å². The van der Waals surface area contributed by atoms with Crippen molar-refractivity contribution in [2.24, 2.45) is 0 Å². The number of hydrogen-bond donors (Lipinski definition) is 0. The largest absolute Gasteiger partial charge is 0.497 e. The van der Waals surface area contributed by atoms with Gasteiger partial charge in [-0.15, -0.1) is 0 Å². The van der Waals surface area contributed by atoms with E-state index in [0.717, 1.165) is 30.8 Å². The van der Waals surface area contributed by atoms with Crippen molar-refractivity contribution in [3.05, 3.63) is 60.2 Å². The fourth-order valence-electron chi connectivity index (χ4n) is 3.65. The van der Waals surface area contributed by atoms with E-state index in [1.165, 1.54) is 5.56 Å². The molecule has 5 nitrogen and oxygen atoms in total. The molecule has 3 rings (SSSR count). The molecule has 1 atom stereocenters. The molecular formula is C22H25N3O2. The second-order valence-electron chi connectivity index (χ2n) is 6.69. The number of ether oxygens (including phenoxy) is 1. The molecule has 0 saturated carbocycles. The predicted octanol–water partition coefficient (Wildman–Crippen LogP) is 3.78. The van der Waals surface area contributed by atoms with Gasteiger partial charge >= 0.3 is 0 Å². The average Bonchev–Trinajstić information content (AvgIpc) is 3.17. The van der Waals surface area contributed by atoms with Crippen molar-refractivity contribution in [1.82, 2.24) is 4.90 Å². The summed E-state index contributed by atoms with van der Waals surface area (Å²) >= 11 is 0. The van der Waals surface area contributed by atoms with E-state index in [-0.39, 0.29) is 11.9 Å². The first-order valence-electron chi connectivity index (χ1n) is 9.33. The average molecular weight is 363 g/mol. The zero-order valence-electron chi connectivity index (χ0n) is 15.7. The zero-order chi connectivity index (χ0) is 19.1. The summed E-state index contributed by atoms with van der Waals surface area (Å²) in [4.78, 5) is 17.0. The monoisotopic (exact) mass is 363 g/mol. The van der Waals surface area contributed by atoms with Crippen LogP contribution in [0, 0.1) is 11.3 Å². The molecule has 0 radical (unpaired) electrons. The summed E-state index contributed by atoms with van der Waals surface area (Å²) in [5.74, 6) is 0.878. The van der Waals surface area contributed by atoms with Crippen molar-refractivity contribution in [3.8, 4) is 11.8 Å². The maximum absolute atomic E-state index is 13.0. The molecule has 1 heterocycles. The zero-order valence-corrected chi connectivity index (χ0v) is 15.7. The first-order chi connectivity index (χ1) is 13.2. The lowest BCUT2D eigenvalue weighted by Crippen LogP contribution is -2.40. The van der Waals surface area contributed by atoms with Gasteiger partial charge in [-0.25, -0.2) is 0 Å². The molecule has 140 valence electrons. The lowest BCUT2D eigenvalue weighted by Gasteiger charge is -2.28. The minimum Gasteiger partial charge on any atom is -0.497 e. The predicted molar refractivity (Wildman–Crippen MR) is 106 cm³/mol. The Morgan fingerprint density at radius 3 is 2.63 bits per heavy atom. The van der Waals surface area contributed by atoms with Gasteiger partial charge in [-0.2, -0.15) is 5.26 Å². The maximum atomic E-state index is 13.0. The first-order valence-corrected chi connectivity index (χ1v) is 9.33. The quantitative estimate of drug-likeness (QED) is 0.751. The van der Waals surface area contributed by atoms with Crippen LogP contribution in [0.2, 0.25) is 0 Å². The third-order valence-corrected chi connectivity index (χ3v) is 5.02. The number of para-hydroxylation sites is 1.